The highest BCUT2D eigenvalue weighted by atomic mass is 16.6. The number of methoxy groups -OCH3 is 1. The van der Waals surface area contributed by atoms with Crippen molar-refractivity contribution in [2.75, 3.05) is 30.5 Å². The van der Waals surface area contributed by atoms with Crippen molar-refractivity contribution in [1.29, 1.82) is 0 Å². The van der Waals surface area contributed by atoms with E-state index in [0.717, 1.165) is 5.69 Å². The second-order valence-corrected chi connectivity index (χ2v) is 5.46. The first-order valence-electron chi connectivity index (χ1n) is 7.48. The Hall–Kier alpha value is -3.09. The number of carbonyl (C=O) groups is 1. The van der Waals surface area contributed by atoms with Gasteiger partial charge in [0.05, 0.1) is 29.1 Å². The average Bonchev–Trinajstić information content (AvgIpc) is 2.72. The predicted molar refractivity (Wildman–Crippen MR) is 91.1 cm³/mol. The maximum Gasteiger partial charge on any atom is 0.271 e. The summed E-state index contributed by atoms with van der Waals surface area (Å²) in [6.45, 7) is 0.414. The first kappa shape index (κ1) is 15.8. The highest BCUT2D eigenvalue weighted by Crippen LogP contribution is 2.42. The monoisotopic (exact) mass is 327 g/mol. The van der Waals surface area contributed by atoms with Crippen LogP contribution in [-0.4, -0.2) is 31.5 Å². The molecule has 1 aliphatic heterocycles. The summed E-state index contributed by atoms with van der Waals surface area (Å²) in [5.41, 5.74) is 2.00. The van der Waals surface area contributed by atoms with Gasteiger partial charge in [-0.2, -0.15) is 0 Å². The summed E-state index contributed by atoms with van der Waals surface area (Å²) in [4.78, 5) is 26.4. The standard InChI is InChI=1S/C17H17N3O4/c1-18-13-8-7-12(20(22)23)11-15(13)19(10-9-17(18)21)14-5-3-4-6-16(14)24-2/h3-8,11H,9-10H2,1-2H3. The molecule has 2 aromatic carbocycles. The SMILES string of the molecule is COc1ccccc1N1CCC(=O)N(C)c2ccc([N+](=O)[O-])cc21. The van der Waals surface area contributed by atoms with Crippen LogP contribution >= 0.6 is 0 Å². The average molecular weight is 327 g/mol. The Morgan fingerprint density at radius 2 is 1.88 bits per heavy atom. The van der Waals surface area contributed by atoms with Gasteiger partial charge in [0.25, 0.3) is 5.69 Å². The largest absolute Gasteiger partial charge is 0.495 e. The maximum atomic E-state index is 12.3. The third-order valence-electron chi connectivity index (χ3n) is 4.12. The normalized spacial score (nSPS) is 14.2. The maximum absolute atomic E-state index is 12.3. The Balaban J connectivity index is 2.21. The van der Waals surface area contributed by atoms with Crippen LogP contribution in [0.3, 0.4) is 0 Å². The number of para-hydroxylation sites is 2. The quantitative estimate of drug-likeness (QED) is 0.639. The summed E-state index contributed by atoms with van der Waals surface area (Å²) >= 11 is 0. The van der Waals surface area contributed by atoms with Crippen molar-refractivity contribution in [3.63, 3.8) is 0 Å². The number of nitro groups is 1. The van der Waals surface area contributed by atoms with Gasteiger partial charge in [-0.05, 0) is 18.2 Å². The smallest absolute Gasteiger partial charge is 0.271 e. The first-order valence-corrected chi connectivity index (χ1v) is 7.48. The van der Waals surface area contributed by atoms with Gasteiger partial charge in [0, 0.05) is 32.1 Å². The van der Waals surface area contributed by atoms with E-state index in [1.165, 1.54) is 17.0 Å². The molecule has 2 aromatic rings. The van der Waals surface area contributed by atoms with Crippen molar-refractivity contribution in [2.45, 2.75) is 6.42 Å². The minimum absolute atomic E-state index is 0.0172. The van der Waals surface area contributed by atoms with E-state index in [4.69, 9.17) is 4.74 Å². The number of non-ortho nitro benzene ring substituents is 1. The third-order valence-corrected chi connectivity index (χ3v) is 4.12. The van der Waals surface area contributed by atoms with Crippen molar-refractivity contribution >= 4 is 28.7 Å². The Bertz CT molecular complexity index is 806. The predicted octanol–water partition coefficient (Wildman–Crippen LogP) is 3.11. The Labute approximate surface area is 139 Å². The van der Waals surface area contributed by atoms with Gasteiger partial charge < -0.3 is 14.5 Å². The molecule has 1 amide bonds. The molecule has 1 heterocycles. The number of ether oxygens (including phenoxy) is 1. The Morgan fingerprint density at radius 3 is 2.58 bits per heavy atom. The van der Waals surface area contributed by atoms with E-state index < -0.39 is 4.92 Å². The topological polar surface area (TPSA) is 75.9 Å². The second-order valence-electron chi connectivity index (χ2n) is 5.46. The summed E-state index contributed by atoms with van der Waals surface area (Å²) < 4.78 is 5.41. The lowest BCUT2D eigenvalue weighted by Gasteiger charge is -2.26. The molecular weight excluding hydrogens is 310 g/mol. The Kier molecular flexibility index (Phi) is 4.07. The molecule has 0 saturated heterocycles. The second kappa shape index (κ2) is 6.19. The van der Waals surface area contributed by atoms with E-state index in [-0.39, 0.29) is 11.6 Å². The van der Waals surface area contributed by atoms with Gasteiger partial charge in [-0.1, -0.05) is 12.1 Å². The Morgan fingerprint density at radius 1 is 1.12 bits per heavy atom. The van der Waals surface area contributed by atoms with Crippen LogP contribution in [0.5, 0.6) is 5.75 Å². The van der Waals surface area contributed by atoms with Crippen molar-refractivity contribution in [3.05, 3.63) is 52.6 Å². The molecule has 0 fully saturated rings. The number of amides is 1. The number of hydrogen-bond donors (Lipinski definition) is 0. The number of fused-ring (bicyclic) bond motifs is 1. The van der Waals surface area contributed by atoms with Crippen LogP contribution in [0.15, 0.2) is 42.5 Å². The molecule has 0 aliphatic carbocycles. The molecule has 0 radical (unpaired) electrons. The molecule has 0 saturated carbocycles. The lowest BCUT2D eigenvalue weighted by Crippen LogP contribution is -2.25. The number of rotatable bonds is 3. The summed E-state index contributed by atoms with van der Waals surface area (Å²) in [5, 5.41) is 11.2. The molecule has 124 valence electrons. The molecule has 7 heteroatoms. The minimum atomic E-state index is -0.437. The van der Waals surface area contributed by atoms with Crippen molar-refractivity contribution < 1.29 is 14.5 Å². The number of benzene rings is 2. The zero-order valence-electron chi connectivity index (χ0n) is 13.4. The zero-order chi connectivity index (χ0) is 17.3. The molecule has 0 spiro atoms. The number of nitrogens with zero attached hydrogens (tertiary/aromatic N) is 3. The summed E-state index contributed by atoms with van der Waals surface area (Å²) in [7, 11) is 3.25. The van der Waals surface area contributed by atoms with Crippen LogP contribution in [0.1, 0.15) is 6.42 Å². The van der Waals surface area contributed by atoms with Gasteiger partial charge in [0.1, 0.15) is 5.75 Å². The number of carbonyl (C=O) groups excluding carboxylic acids is 1. The minimum Gasteiger partial charge on any atom is -0.495 e. The fraction of sp³-hybridized carbons (Fsp3) is 0.235. The van der Waals surface area contributed by atoms with Gasteiger partial charge in [-0.15, -0.1) is 0 Å². The van der Waals surface area contributed by atoms with Gasteiger partial charge in [0.2, 0.25) is 5.91 Å². The van der Waals surface area contributed by atoms with Crippen molar-refractivity contribution in [3.8, 4) is 5.75 Å². The molecule has 0 unspecified atom stereocenters. The first-order chi connectivity index (χ1) is 11.5. The molecule has 24 heavy (non-hydrogen) atoms. The van der Waals surface area contributed by atoms with Crippen LogP contribution in [-0.2, 0) is 4.79 Å². The van der Waals surface area contributed by atoms with Crippen LogP contribution in [0.25, 0.3) is 0 Å². The molecule has 0 N–H and O–H groups in total. The van der Waals surface area contributed by atoms with Crippen molar-refractivity contribution in [2.24, 2.45) is 0 Å². The molecule has 1 aliphatic rings. The molecule has 0 bridgehead atoms. The van der Waals surface area contributed by atoms with E-state index in [1.807, 2.05) is 29.2 Å². The van der Waals surface area contributed by atoms with E-state index in [0.29, 0.717) is 30.1 Å². The van der Waals surface area contributed by atoms with Crippen LogP contribution < -0.4 is 14.5 Å². The van der Waals surface area contributed by atoms with E-state index >= 15 is 0 Å². The lowest BCUT2D eigenvalue weighted by atomic mass is 10.1. The van der Waals surface area contributed by atoms with E-state index in [2.05, 4.69) is 0 Å². The lowest BCUT2D eigenvalue weighted by molar-refractivity contribution is -0.384. The van der Waals surface area contributed by atoms with Gasteiger partial charge in [-0.3, -0.25) is 14.9 Å². The fourth-order valence-corrected chi connectivity index (χ4v) is 2.86. The molecule has 3 rings (SSSR count). The molecule has 7 nitrogen and oxygen atoms in total. The third kappa shape index (κ3) is 2.64. The highest BCUT2D eigenvalue weighted by Gasteiger charge is 2.27. The van der Waals surface area contributed by atoms with Gasteiger partial charge in [0.15, 0.2) is 0 Å². The highest BCUT2D eigenvalue weighted by molar-refractivity contribution is 6.00. The molecule has 0 atom stereocenters. The van der Waals surface area contributed by atoms with Gasteiger partial charge in [-0.25, -0.2) is 0 Å². The summed E-state index contributed by atoms with van der Waals surface area (Å²) in [6, 6.07) is 11.9. The number of hydrogen-bond acceptors (Lipinski definition) is 5. The fourth-order valence-electron chi connectivity index (χ4n) is 2.86. The van der Waals surface area contributed by atoms with Gasteiger partial charge >= 0.3 is 0 Å². The van der Waals surface area contributed by atoms with Crippen LogP contribution in [0.2, 0.25) is 0 Å². The summed E-state index contributed by atoms with van der Waals surface area (Å²) in [5.74, 6) is 0.606. The molecular formula is C17H17N3O4. The summed E-state index contributed by atoms with van der Waals surface area (Å²) in [6.07, 6.45) is 0.303. The molecule has 0 aromatic heterocycles. The van der Waals surface area contributed by atoms with Crippen LogP contribution in [0, 0.1) is 10.1 Å². The van der Waals surface area contributed by atoms with Crippen LogP contribution in [0.4, 0.5) is 22.7 Å². The zero-order valence-corrected chi connectivity index (χ0v) is 13.4. The van der Waals surface area contributed by atoms with Crippen molar-refractivity contribution in [1.82, 2.24) is 0 Å². The number of nitro benzene ring substituents is 1. The van der Waals surface area contributed by atoms with E-state index in [1.54, 1.807) is 20.2 Å². The van der Waals surface area contributed by atoms with E-state index in [9.17, 15) is 14.9 Å². The number of anilines is 3.